The summed E-state index contributed by atoms with van der Waals surface area (Å²) in [6.07, 6.45) is 0. The molecule has 4 nitrogen and oxygen atoms in total. The summed E-state index contributed by atoms with van der Waals surface area (Å²) in [6, 6.07) is 6.58. The van der Waals surface area contributed by atoms with E-state index in [1.54, 1.807) is 28.2 Å². The second-order valence-electron chi connectivity index (χ2n) is 7.50. The fourth-order valence-electron chi connectivity index (χ4n) is 2.56. The molecule has 1 fully saturated rings. The fraction of sp³-hybridized carbons (Fsp3) is 0.600. The van der Waals surface area contributed by atoms with Crippen LogP contribution in [0.1, 0.15) is 32.4 Å². The van der Waals surface area contributed by atoms with Crippen LogP contribution >= 0.6 is 11.6 Å². The number of benzene rings is 1. The van der Waals surface area contributed by atoms with Crippen LogP contribution in [-0.2, 0) is 10.0 Å². The molecule has 0 saturated carbocycles. The summed E-state index contributed by atoms with van der Waals surface area (Å²) in [5.74, 6) is 0. The van der Waals surface area contributed by atoms with Crippen LogP contribution in [0.3, 0.4) is 0 Å². The monoisotopic (exact) mass is 360 g/mol. The van der Waals surface area contributed by atoms with Crippen LogP contribution in [0.4, 0.5) is 0 Å². The zero-order valence-electron chi connectivity index (χ0n) is 13.8. The van der Waals surface area contributed by atoms with E-state index in [0.717, 1.165) is 5.56 Å². The average Bonchev–Trinajstić information content (AvgIpc) is 2.36. The molecular formula is C15H25ClN2O2SSi. The van der Waals surface area contributed by atoms with Gasteiger partial charge in [-0.25, -0.2) is 12.4 Å². The molecule has 0 amide bonds. The van der Waals surface area contributed by atoms with Gasteiger partial charge in [0.05, 0.1) is 0 Å². The van der Waals surface area contributed by atoms with Crippen LogP contribution < -0.4 is 5.73 Å². The molecule has 124 valence electrons. The Bertz CT molecular complexity index is 653. The van der Waals surface area contributed by atoms with Crippen LogP contribution in [0, 0.1) is 0 Å². The van der Waals surface area contributed by atoms with Crippen molar-refractivity contribution in [2.24, 2.45) is 5.73 Å². The predicted molar refractivity (Wildman–Crippen MR) is 95.0 cm³/mol. The minimum absolute atomic E-state index is 0.0184. The van der Waals surface area contributed by atoms with Gasteiger partial charge in [0.25, 0.3) is 0 Å². The summed E-state index contributed by atoms with van der Waals surface area (Å²) in [5, 5.41) is 0.0631. The first-order valence-electron chi connectivity index (χ1n) is 7.42. The lowest BCUT2D eigenvalue weighted by Crippen LogP contribution is -2.70. The van der Waals surface area contributed by atoms with E-state index >= 15 is 0 Å². The highest BCUT2D eigenvalue weighted by Gasteiger charge is 2.57. The summed E-state index contributed by atoms with van der Waals surface area (Å²) in [7, 11) is -5.41. The average molecular weight is 361 g/mol. The number of hydrogen-bond donors (Lipinski definition) is 1. The Balaban J connectivity index is 2.23. The number of rotatable bonds is 3. The van der Waals surface area contributed by atoms with Crippen LogP contribution in [0.25, 0.3) is 0 Å². The van der Waals surface area contributed by atoms with Gasteiger partial charge in [-0.2, -0.15) is 0 Å². The van der Waals surface area contributed by atoms with Gasteiger partial charge in [-0.05, 0) is 22.7 Å². The first-order chi connectivity index (χ1) is 9.89. The standard InChI is InChI=1S/C15H25ClN2O2SSi/c1-15(2,3)22(4,5)18-10-13(21(18,19)20)14(17)11-6-8-12(16)9-7-11/h6-9,13-14H,10,17H2,1-5H3/t13-,14-/m0/s1. The Morgan fingerprint density at radius 3 is 2.18 bits per heavy atom. The molecular weight excluding hydrogens is 336 g/mol. The third kappa shape index (κ3) is 2.87. The number of halogens is 1. The zero-order valence-corrected chi connectivity index (χ0v) is 16.4. The molecule has 0 aromatic heterocycles. The highest BCUT2D eigenvalue weighted by molar-refractivity contribution is 7.92. The highest BCUT2D eigenvalue weighted by atomic mass is 35.5. The zero-order chi connectivity index (χ0) is 16.9. The van der Waals surface area contributed by atoms with E-state index in [2.05, 4.69) is 33.9 Å². The van der Waals surface area contributed by atoms with Gasteiger partial charge in [0.2, 0.25) is 10.0 Å². The van der Waals surface area contributed by atoms with Crippen molar-refractivity contribution < 1.29 is 8.42 Å². The van der Waals surface area contributed by atoms with Crippen molar-refractivity contribution in [3.8, 4) is 0 Å². The molecule has 0 bridgehead atoms. The second kappa shape index (κ2) is 5.60. The smallest absolute Gasteiger partial charge is 0.214 e. The van der Waals surface area contributed by atoms with Crippen molar-refractivity contribution in [3.63, 3.8) is 0 Å². The van der Waals surface area contributed by atoms with Crippen molar-refractivity contribution in [2.75, 3.05) is 6.54 Å². The minimum atomic E-state index is -3.32. The van der Waals surface area contributed by atoms with Crippen molar-refractivity contribution in [1.82, 2.24) is 3.97 Å². The van der Waals surface area contributed by atoms with Gasteiger partial charge in [0.15, 0.2) is 0 Å². The molecule has 22 heavy (non-hydrogen) atoms. The summed E-state index contributed by atoms with van der Waals surface area (Å²) in [5.41, 5.74) is 7.02. The van der Waals surface area contributed by atoms with Gasteiger partial charge < -0.3 is 5.73 Å². The lowest BCUT2D eigenvalue weighted by molar-refractivity contribution is 0.400. The Hall–Kier alpha value is -0.403. The SMILES string of the molecule is CC(C)(C)[Si](C)(C)N1C[C@@H]([C@@H](N)c2ccc(Cl)cc2)S1(=O)=O. The molecule has 0 radical (unpaired) electrons. The van der Waals surface area contributed by atoms with E-state index in [9.17, 15) is 8.42 Å². The van der Waals surface area contributed by atoms with E-state index in [1.807, 2.05) is 0 Å². The van der Waals surface area contributed by atoms with Gasteiger partial charge in [-0.15, -0.1) is 0 Å². The maximum absolute atomic E-state index is 12.8. The second-order valence-corrected chi connectivity index (χ2v) is 15.5. The van der Waals surface area contributed by atoms with Crippen LogP contribution in [0.15, 0.2) is 24.3 Å². The van der Waals surface area contributed by atoms with Gasteiger partial charge in [-0.3, -0.25) is 0 Å². The molecule has 1 aromatic rings. The molecule has 1 saturated heterocycles. The Labute approximate surface area is 139 Å². The van der Waals surface area contributed by atoms with Crippen molar-refractivity contribution in [1.29, 1.82) is 0 Å². The van der Waals surface area contributed by atoms with Crippen molar-refractivity contribution in [3.05, 3.63) is 34.9 Å². The van der Waals surface area contributed by atoms with Crippen LogP contribution in [0.5, 0.6) is 0 Å². The van der Waals surface area contributed by atoms with E-state index in [0.29, 0.717) is 11.6 Å². The maximum atomic E-state index is 12.8. The van der Waals surface area contributed by atoms with Gasteiger partial charge in [-0.1, -0.05) is 57.6 Å². The fourth-order valence-corrected chi connectivity index (χ4v) is 9.29. The summed E-state index contributed by atoms with van der Waals surface area (Å²) < 4.78 is 27.3. The lowest BCUT2D eigenvalue weighted by atomic mass is 10.0. The van der Waals surface area contributed by atoms with Gasteiger partial charge in [0, 0.05) is 17.6 Å². The van der Waals surface area contributed by atoms with E-state index in [4.69, 9.17) is 17.3 Å². The van der Waals surface area contributed by atoms with Crippen molar-refractivity contribution in [2.45, 2.75) is 50.2 Å². The largest absolute Gasteiger partial charge is 0.323 e. The number of nitrogens with zero attached hydrogens (tertiary/aromatic N) is 1. The van der Waals surface area contributed by atoms with Crippen LogP contribution in [-0.4, -0.2) is 32.4 Å². The number of hydrogen-bond acceptors (Lipinski definition) is 3. The van der Waals surface area contributed by atoms with E-state index < -0.39 is 29.6 Å². The van der Waals surface area contributed by atoms with E-state index in [1.165, 1.54) is 0 Å². The summed E-state index contributed by atoms with van der Waals surface area (Å²) in [6.45, 7) is 11.1. The van der Waals surface area contributed by atoms with Gasteiger partial charge >= 0.3 is 0 Å². The quantitative estimate of drug-likeness (QED) is 0.840. The normalized spacial score (nSPS) is 23.9. The first kappa shape index (κ1) is 17.9. The molecule has 0 spiro atoms. The number of nitrogens with two attached hydrogens (primary N) is 1. The molecule has 2 rings (SSSR count). The topological polar surface area (TPSA) is 63.4 Å². The predicted octanol–water partition coefficient (Wildman–Crippen LogP) is 3.36. The molecule has 1 aliphatic heterocycles. The third-order valence-corrected chi connectivity index (χ3v) is 14.6. The number of sulfonamides is 1. The Morgan fingerprint density at radius 2 is 1.77 bits per heavy atom. The molecule has 0 aliphatic carbocycles. The third-order valence-electron chi connectivity index (χ3n) is 5.15. The van der Waals surface area contributed by atoms with Crippen molar-refractivity contribution >= 4 is 29.9 Å². The maximum Gasteiger partial charge on any atom is 0.214 e. The van der Waals surface area contributed by atoms with Gasteiger partial charge in [0.1, 0.15) is 13.5 Å². The lowest BCUT2D eigenvalue weighted by Gasteiger charge is -2.53. The molecule has 1 heterocycles. The first-order valence-corrected chi connectivity index (χ1v) is 12.2. The molecule has 2 N–H and O–H groups in total. The molecule has 7 heteroatoms. The Kier molecular flexibility index (Phi) is 4.56. The molecule has 1 aliphatic rings. The highest BCUT2D eigenvalue weighted by Crippen LogP contribution is 2.45. The summed E-state index contributed by atoms with van der Waals surface area (Å²) >= 11 is 5.87. The van der Waals surface area contributed by atoms with Crippen LogP contribution in [0.2, 0.25) is 23.2 Å². The minimum Gasteiger partial charge on any atom is -0.323 e. The summed E-state index contributed by atoms with van der Waals surface area (Å²) in [4.78, 5) is 0. The molecule has 1 aromatic carbocycles. The Morgan fingerprint density at radius 1 is 1.27 bits per heavy atom. The van der Waals surface area contributed by atoms with E-state index in [-0.39, 0.29) is 5.04 Å². The molecule has 0 unspecified atom stereocenters. The molecule has 2 atom stereocenters.